The van der Waals surface area contributed by atoms with Crippen LogP contribution in [0.2, 0.25) is 0 Å². The molecule has 0 fully saturated rings. The first-order valence-electron chi connectivity index (χ1n) is 7.65. The maximum absolute atomic E-state index is 5.55. The fourth-order valence-corrected chi connectivity index (χ4v) is 2.08. The minimum atomic E-state index is 0.601. The number of hydrogen-bond acceptors (Lipinski definition) is 3. The molecule has 0 N–H and O–H groups in total. The topological polar surface area (TPSA) is 27.7 Å². The lowest BCUT2D eigenvalue weighted by atomic mass is 10.3. The van der Waals surface area contributed by atoms with Crippen LogP contribution in [0.15, 0.2) is 38.0 Å². The van der Waals surface area contributed by atoms with E-state index in [2.05, 4.69) is 26.7 Å². The molecule has 122 valence electrons. The maximum Gasteiger partial charge on any atom is 0.103 e. The summed E-state index contributed by atoms with van der Waals surface area (Å²) in [4.78, 5) is 0. The van der Waals surface area contributed by atoms with Crippen molar-refractivity contribution in [3.8, 4) is 0 Å². The zero-order chi connectivity index (χ0) is 15.8. The highest BCUT2D eigenvalue weighted by Crippen LogP contribution is 2.07. The molecule has 4 nitrogen and oxygen atoms in total. The van der Waals surface area contributed by atoms with Gasteiger partial charge in [0.15, 0.2) is 0 Å². The highest BCUT2D eigenvalue weighted by atomic mass is 16.5. The smallest absolute Gasteiger partial charge is 0.103 e. The van der Waals surface area contributed by atoms with E-state index in [-0.39, 0.29) is 0 Å². The fourth-order valence-electron chi connectivity index (χ4n) is 2.08. The average Bonchev–Trinajstić information content (AvgIpc) is 2.51. The lowest BCUT2D eigenvalue weighted by Gasteiger charge is -2.37. The largest absolute Gasteiger partial charge is 0.372 e. The molecule has 21 heavy (non-hydrogen) atoms. The van der Waals surface area contributed by atoms with Crippen molar-refractivity contribution < 1.29 is 18.7 Å². The van der Waals surface area contributed by atoms with Crippen molar-refractivity contribution in [1.29, 1.82) is 0 Å². The molecular weight excluding hydrogens is 266 g/mol. The summed E-state index contributed by atoms with van der Waals surface area (Å²) in [6.45, 7) is 21.1. The van der Waals surface area contributed by atoms with E-state index < -0.39 is 0 Å². The normalized spacial score (nSPS) is 11.3. The molecule has 0 aromatic carbocycles. The zero-order valence-corrected chi connectivity index (χ0v) is 13.6. The van der Waals surface area contributed by atoms with Gasteiger partial charge in [-0.25, -0.2) is 0 Å². The molecule has 0 heterocycles. The molecule has 0 aromatic heterocycles. The second-order valence-corrected chi connectivity index (χ2v) is 4.92. The van der Waals surface area contributed by atoms with Gasteiger partial charge < -0.3 is 18.7 Å². The summed E-state index contributed by atoms with van der Waals surface area (Å²) in [6.07, 6.45) is 5.34. The Hall–Kier alpha value is -0.940. The standard InChI is InChI=1S/C17H32NO3/c1-5-12-19-15-9-18(8-4,10-16-20-13-6-2)11-17-21-14-7-3/h5-7H,1-3,8-17H2,4H3/q+1. The molecule has 0 saturated heterocycles. The maximum atomic E-state index is 5.55. The number of quaternary nitrogens is 1. The van der Waals surface area contributed by atoms with Gasteiger partial charge in [0, 0.05) is 0 Å². The molecule has 0 unspecified atom stereocenters. The van der Waals surface area contributed by atoms with Crippen LogP contribution in [0.1, 0.15) is 6.92 Å². The van der Waals surface area contributed by atoms with Gasteiger partial charge >= 0.3 is 0 Å². The van der Waals surface area contributed by atoms with E-state index >= 15 is 0 Å². The van der Waals surface area contributed by atoms with Crippen LogP contribution in [0.4, 0.5) is 0 Å². The fraction of sp³-hybridized carbons (Fsp3) is 0.647. The van der Waals surface area contributed by atoms with E-state index in [0.717, 1.165) is 50.5 Å². The van der Waals surface area contributed by atoms with Gasteiger partial charge in [-0.1, -0.05) is 18.2 Å². The van der Waals surface area contributed by atoms with Crippen LogP contribution in [0.3, 0.4) is 0 Å². The molecule has 0 saturated carbocycles. The van der Waals surface area contributed by atoms with Crippen molar-refractivity contribution in [2.45, 2.75) is 6.92 Å². The molecule has 0 atom stereocenters. The third-order valence-electron chi connectivity index (χ3n) is 3.51. The molecular formula is C17H32NO3+. The van der Waals surface area contributed by atoms with Crippen LogP contribution in [0.5, 0.6) is 0 Å². The van der Waals surface area contributed by atoms with Gasteiger partial charge in [-0.2, -0.15) is 0 Å². The van der Waals surface area contributed by atoms with E-state index in [4.69, 9.17) is 14.2 Å². The van der Waals surface area contributed by atoms with Crippen LogP contribution in [0.25, 0.3) is 0 Å². The minimum Gasteiger partial charge on any atom is -0.372 e. The lowest BCUT2D eigenvalue weighted by Crippen LogP contribution is -2.53. The first-order chi connectivity index (χ1) is 10.2. The third-order valence-corrected chi connectivity index (χ3v) is 3.51. The molecule has 4 heteroatoms. The molecule has 0 spiro atoms. The van der Waals surface area contributed by atoms with Gasteiger partial charge in [-0.05, 0) is 6.92 Å². The Morgan fingerprint density at radius 3 is 1.29 bits per heavy atom. The molecule has 0 aliphatic rings. The van der Waals surface area contributed by atoms with Gasteiger partial charge in [0.2, 0.25) is 0 Å². The van der Waals surface area contributed by atoms with Crippen molar-refractivity contribution >= 4 is 0 Å². The van der Waals surface area contributed by atoms with Gasteiger partial charge in [-0.3, -0.25) is 0 Å². The summed E-state index contributed by atoms with van der Waals surface area (Å²) in [5.41, 5.74) is 0. The highest BCUT2D eigenvalue weighted by Gasteiger charge is 2.24. The molecule has 0 amide bonds. The monoisotopic (exact) mass is 298 g/mol. The second kappa shape index (κ2) is 14.0. The lowest BCUT2D eigenvalue weighted by molar-refractivity contribution is -0.927. The molecule has 0 aliphatic carbocycles. The van der Waals surface area contributed by atoms with E-state index in [1.54, 1.807) is 18.2 Å². The number of hydrogen-bond donors (Lipinski definition) is 0. The van der Waals surface area contributed by atoms with Gasteiger partial charge in [0.1, 0.15) is 19.6 Å². The van der Waals surface area contributed by atoms with Crippen molar-refractivity contribution in [2.24, 2.45) is 0 Å². The number of rotatable bonds is 16. The molecule has 0 radical (unpaired) electrons. The summed E-state index contributed by atoms with van der Waals surface area (Å²) in [6, 6.07) is 0. The van der Waals surface area contributed by atoms with Crippen LogP contribution in [0, 0.1) is 0 Å². The van der Waals surface area contributed by atoms with E-state index in [1.165, 1.54) is 0 Å². The Bertz CT molecular complexity index is 238. The van der Waals surface area contributed by atoms with Crippen molar-refractivity contribution in [3.05, 3.63) is 38.0 Å². The van der Waals surface area contributed by atoms with Gasteiger partial charge in [0.05, 0.1) is 46.2 Å². The molecule has 0 rings (SSSR count). The van der Waals surface area contributed by atoms with Crippen LogP contribution >= 0.6 is 0 Å². The Labute approximate surface area is 130 Å². The van der Waals surface area contributed by atoms with Crippen LogP contribution in [-0.2, 0) is 14.2 Å². The Morgan fingerprint density at radius 1 is 0.714 bits per heavy atom. The van der Waals surface area contributed by atoms with E-state index in [1.807, 2.05) is 0 Å². The average molecular weight is 298 g/mol. The van der Waals surface area contributed by atoms with Crippen LogP contribution in [-0.4, -0.2) is 70.3 Å². The molecule has 0 aromatic rings. The highest BCUT2D eigenvalue weighted by molar-refractivity contribution is 4.65. The zero-order valence-electron chi connectivity index (χ0n) is 13.6. The molecule has 0 bridgehead atoms. The molecule has 0 aliphatic heterocycles. The van der Waals surface area contributed by atoms with E-state index in [0.29, 0.717) is 19.8 Å². The van der Waals surface area contributed by atoms with Crippen molar-refractivity contribution in [3.63, 3.8) is 0 Å². The number of likely N-dealkylation sites (N-methyl/N-ethyl adjacent to an activating group) is 1. The number of nitrogens with zero attached hydrogens (tertiary/aromatic N) is 1. The van der Waals surface area contributed by atoms with Crippen molar-refractivity contribution in [1.82, 2.24) is 0 Å². The van der Waals surface area contributed by atoms with Crippen molar-refractivity contribution in [2.75, 3.05) is 65.8 Å². The third kappa shape index (κ3) is 10.4. The summed E-state index contributed by atoms with van der Waals surface area (Å²) in [5, 5.41) is 0. The Morgan fingerprint density at radius 2 is 1.05 bits per heavy atom. The van der Waals surface area contributed by atoms with Crippen LogP contribution < -0.4 is 0 Å². The number of ether oxygens (including phenoxy) is 3. The minimum absolute atomic E-state index is 0.601. The predicted molar refractivity (Wildman–Crippen MR) is 88.5 cm³/mol. The predicted octanol–water partition coefficient (Wildman–Crippen LogP) is 2.43. The summed E-state index contributed by atoms with van der Waals surface area (Å²) < 4.78 is 17.6. The van der Waals surface area contributed by atoms with Gasteiger partial charge in [-0.15, -0.1) is 19.7 Å². The summed E-state index contributed by atoms with van der Waals surface area (Å²) in [7, 11) is 0. The summed E-state index contributed by atoms with van der Waals surface area (Å²) >= 11 is 0. The Balaban J connectivity index is 4.31. The SMILES string of the molecule is C=CCOCC[N+](CC)(CCOCC=C)CCOCC=C. The quantitative estimate of drug-likeness (QED) is 0.249. The summed E-state index contributed by atoms with van der Waals surface area (Å²) in [5.74, 6) is 0. The first kappa shape index (κ1) is 20.1. The van der Waals surface area contributed by atoms with Gasteiger partial charge in [0.25, 0.3) is 0 Å². The second-order valence-electron chi connectivity index (χ2n) is 4.92. The first-order valence-corrected chi connectivity index (χ1v) is 7.65. The Kier molecular flexibility index (Phi) is 13.4. The van der Waals surface area contributed by atoms with E-state index in [9.17, 15) is 0 Å².